The van der Waals surface area contributed by atoms with Crippen LogP contribution in [0.5, 0.6) is 0 Å². The highest BCUT2D eigenvalue weighted by atomic mass is 19.1. The van der Waals surface area contributed by atoms with Crippen LogP contribution < -0.4 is 0 Å². The minimum Gasteiger partial charge on any atom is -0.309 e. The molecule has 7 aromatic rings. The molecule has 0 saturated carbocycles. The molecule has 0 aliphatic heterocycles. The third kappa shape index (κ3) is 5.73. The van der Waals surface area contributed by atoms with E-state index >= 15 is 4.39 Å². The zero-order chi connectivity index (χ0) is 34.5. The number of hydrogen-bond acceptors (Lipinski definition) is 2. The van der Waals surface area contributed by atoms with E-state index in [4.69, 9.17) is 15.0 Å². The summed E-state index contributed by atoms with van der Waals surface area (Å²) in [5.74, 6) is -0.102. The molecule has 2 heterocycles. The number of pyridine rings is 1. The van der Waals surface area contributed by atoms with Crippen LogP contribution in [0.2, 0.25) is 0 Å². The van der Waals surface area contributed by atoms with Crippen LogP contribution in [-0.4, -0.2) is 21.6 Å². The van der Waals surface area contributed by atoms with E-state index in [1.807, 2.05) is 42.5 Å². The van der Waals surface area contributed by atoms with Gasteiger partial charge < -0.3 is 4.57 Å². The van der Waals surface area contributed by atoms with Crippen molar-refractivity contribution in [2.75, 3.05) is 0 Å². The third-order valence-corrected chi connectivity index (χ3v) is 10.1. The summed E-state index contributed by atoms with van der Waals surface area (Å²) in [4.78, 5) is 14.3. The quantitative estimate of drug-likeness (QED) is 0.130. The minimum atomic E-state index is -0.402. The van der Waals surface area contributed by atoms with Crippen LogP contribution in [0.4, 0.5) is 4.39 Å². The topological polar surface area (TPSA) is 42.5 Å². The largest absolute Gasteiger partial charge is 0.309 e. The van der Waals surface area contributed by atoms with E-state index in [0.29, 0.717) is 18.1 Å². The molecule has 1 aliphatic carbocycles. The van der Waals surface area contributed by atoms with Gasteiger partial charge in [0.2, 0.25) is 0 Å². The van der Waals surface area contributed by atoms with Crippen LogP contribution in [0.15, 0.2) is 144 Å². The van der Waals surface area contributed by atoms with Gasteiger partial charge in [-0.3, -0.25) is 9.98 Å². The number of nitrogens with zero attached hydrogens (tertiary/aromatic N) is 4. The molecule has 0 amide bonds. The van der Waals surface area contributed by atoms with E-state index in [0.717, 1.165) is 39.8 Å². The predicted molar refractivity (Wildman–Crippen MR) is 205 cm³/mol. The van der Waals surface area contributed by atoms with Gasteiger partial charge in [-0.25, -0.2) is 9.38 Å². The Morgan fingerprint density at radius 2 is 1.38 bits per heavy atom. The average molecular weight is 655 g/mol. The number of aromatic nitrogens is 2. The maximum absolute atomic E-state index is 16.1. The number of rotatable bonds is 6. The maximum atomic E-state index is 16.1. The van der Waals surface area contributed by atoms with Gasteiger partial charge in [-0.05, 0) is 69.8 Å². The van der Waals surface area contributed by atoms with Gasteiger partial charge in [-0.2, -0.15) is 0 Å². The van der Waals surface area contributed by atoms with E-state index in [2.05, 4.69) is 111 Å². The molecular weight excluding hydrogens is 616 g/mol. The highest BCUT2D eigenvalue weighted by molar-refractivity contribution is 6.09. The second-order valence-corrected chi connectivity index (χ2v) is 14.6. The number of aliphatic imine (C=N–C) groups is 2. The van der Waals surface area contributed by atoms with E-state index in [1.165, 1.54) is 28.0 Å². The maximum Gasteiger partial charge on any atom is 0.159 e. The first-order valence-electron chi connectivity index (χ1n) is 17.2. The molecule has 0 bridgehead atoms. The molecule has 8 rings (SSSR count). The van der Waals surface area contributed by atoms with E-state index in [1.54, 1.807) is 12.4 Å². The molecule has 0 saturated heterocycles. The van der Waals surface area contributed by atoms with Crippen LogP contribution in [0, 0.1) is 5.82 Å². The monoisotopic (exact) mass is 654 g/mol. The average Bonchev–Trinajstić information content (AvgIpc) is 3.55. The van der Waals surface area contributed by atoms with E-state index in [9.17, 15) is 0 Å². The highest BCUT2D eigenvalue weighted by Crippen LogP contribution is 2.50. The predicted octanol–water partition coefficient (Wildman–Crippen LogP) is 11.0. The molecule has 5 aromatic carbocycles. The molecule has 0 spiro atoms. The number of amidine groups is 1. The lowest BCUT2D eigenvalue weighted by atomic mass is 9.82. The van der Waals surface area contributed by atoms with Gasteiger partial charge in [0.15, 0.2) is 5.84 Å². The summed E-state index contributed by atoms with van der Waals surface area (Å²) < 4.78 is 18.3. The smallest absolute Gasteiger partial charge is 0.159 e. The van der Waals surface area contributed by atoms with Crippen LogP contribution >= 0.6 is 0 Å². The summed E-state index contributed by atoms with van der Waals surface area (Å²) in [5, 5.41) is 2.44. The molecular formula is C45H39FN4. The normalized spacial score (nSPS) is 15.3. The SMILES string of the molecule is CC1(C)CC(C)(C)c2cc(-c3cc(F)c(C(N=Cc4ccc(-n5c6ccccc6c6ccccc65)cc4)=NCc4ccccc4)cn3)ccc21. The lowest BCUT2D eigenvalue weighted by Gasteiger charge is -2.22. The van der Waals surface area contributed by atoms with Gasteiger partial charge in [0, 0.05) is 40.5 Å². The Morgan fingerprint density at radius 3 is 2.06 bits per heavy atom. The summed E-state index contributed by atoms with van der Waals surface area (Å²) in [7, 11) is 0. The van der Waals surface area contributed by atoms with Crippen molar-refractivity contribution in [3.05, 3.63) is 167 Å². The third-order valence-electron chi connectivity index (χ3n) is 10.1. The van der Waals surface area contributed by atoms with Crippen molar-refractivity contribution in [3.8, 4) is 16.9 Å². The Kier molecular flexibility index (Phi) is 7.79. The molecule has 1 aliphatic rings. The zero-order valence-electron chi connectivity index (χ0n) is 28.9. The van der Waals surface area contributed by atoms with Crippen LogP contribution in [-0.2, 0) is 17.4 Å². The Morgan fingerprint density at radius 1 is 0.740 bits per heavy atom. The van der Waals surface area contributed by atoms with Crippen LogP contribution in [0.25, 0.3) is 38.8 Å². The number of para-hydroxylation sites is 2. The Balaban J connectivity index is 1.12. The first kappa shape index (κ1) is 31.6. The number of fused-ring (bicyclic) bond motifs is 4. The summed E-state index contributed by atoms with van der Waals surface area (Å²) >= 11 is 0. The summed E-state index contributed by atoms with van der Waals surface area (Å²) in [6.07, 6.45) is 4.39. The van der Waals surface area contributed by atoms with Crippen LogP contribution in [0.1, 0.15) is 61.9 Å². The molecule has 5 heteroatoms. The van der Waals surface area contributed by atoms with E-state index in [-0.39, 0.29) is 16.4 Å². The molecule has 0 radical (unpaired) electrons. The molecule has 0 N–H and O–H groups in total. The molecule has 0 fully saturated rings. The minimum absolute atomic E-state index is 0.0426. The fourth-order valence-corrected chi connectivity index (χ4v) is 7.89. The highest BCUT2D eigenvalue weighted by Gasteiger charge is 2.41. The summed E-state index contributed by atoms with van der Waals surface area (Å²) in [6.45, 7) is 9.53. The summed E-state index contributed by atoms with van der Waals surface area (Å²) in [5.41, 5.74) is 9.87. The second kappa shape index (κ2) is 12.3. The first-order valence-corrected chi connectivity index (χ1v) is 17.2. The van der Waals surface area contributed by atoms with Gasteiger partial charge in [0.25, 0.3) is 0 Å². The Labute approximate surface area is 292 Å². The van der Waals surface area contributed by atoms with Crippen molar-refractivity contribution in [2.45, 2.75) is 51.5 Å². The van der Waals surface area contributed by atoms with Gasteiger partial charge in [-0.15, -0.1) is 0 Å². The van der Waals surface area contributed by atoms with Crippen LogP contribution in [0.3, 0.4) is 0 Å². The number of hydrogen-bond donors (Lipinski definition) is 0. The molecule has 2 aromatic heterocycles. The lowest BCUT2D eigenvalue weighted by molar-refractivity contribution is 0.403. The van der Waals surface area contributed by atoms with Gasteiger partial charge in [-0.1, -0.05) is 119 Å². The molecule has 246 valence electrons. The zero-order valence-corrected chi connectivity index (χ0v) is 28.9. The first-order chi connectivity index (χ1) is 24.2. The second-order valence-electron chi connectivity index (χ2n) is 14.6. The Hall–Kier alpha value is -5.68. The van der Waals surface area contributed by atoms with Gasteiger partial charge in [0.05, 0.1) is 28.8 Å². The standard InChI is InChI=1S/C45H39FN4/c1-44(2)29-45(3,4)38-24-32(20-23-37(38)44)40-25-39(46)36(28-47-40)43(48-26-30-12-6-5-7-13-30)49-27-31-18-21-33(22-19-31)50-41-16-10-8-14-34(41)35-15-9-11-17-42(35)50/h5-25,27-28H,26,29H2,1-4H3. The lowest BCUT2D eigenvalue weighted by Crippen LogP contribution is -2.17. The van der Waals surface area contributed by atoms with Crippen molar-refractivity contribution in [3.63, 3.8) is 0 Å². The molecule has 0 atom stereocenters. The van der Waals surface area contributed by atoms with Crippen molar-refractivity contribution < 1.29 is 4.39 Å². The Bertz CT molecular complexity index is 2380. The van der Waals surface area contributed by atoms with Crippen molar-refractivity contribution in [2.24, 2.45) is 9.98 Å². The molecule has 50 heavy (non-hydrogen) atoms. The number of benzene rings is 5. The van der Waals surface area contributed by atoms with Crippen molar-refractivity contribution in [1.82, 2.24) is 9.55 Å². The molecule has 0 unspecified atom stereocenters. The fraction of sp³-hybridized carbons (Fsp3) is 0.178. The van der Waals surface area contributed by atoms with Crippen molar-refractivity contribution in [1.29, 1.82) is 0 Å². The van der Waals surface area contributed by atoms with Gasteiger partial charge in [0.1, 0.15) is 5.82 Å². The molecule has 4 nitrogen and oxygen atoms in total. The number of halogens is 1. The fourth-order valence-electron chi connectivity index (χ4n) is 7.89. The summed E-state index contributed by atoms with van der Waals surface area (Å²) in [6, 6.07) is 43.1. The van der Waals surface area contributed by atoms with E-state index < -0.39 is 5.82 Å². The van der Waals surface area contributed by atoms with Crippen molar-refractivity contribution >= 4 is 33.9 Å². The van der Waals surface area contributed by atoms with Gasteiger partial charge >= 0.3 is 0 Å².